The van der Waals surface area contributed by atoms with Crippen LogP contribution in [-0.2, 0) is 6.42 Å². The number of hydrogen-bond donors (Lipinski definition) is 1. The highest BCUT2D eigenvalue weighted by Crippen LogP contribution is 2.41. The van der Waals surface area contributed by atoms with Gasteiger partial charge in [-0.3, -0.25) is 4.90 Å². The zero-order chi connectivity index (χ0) is 16.6. The van der Waals surface area contributed by atoms with Crippen LogP contribution in [0.25, 0.3) is 11.1 Å². The lowest BCUT2D eigenvalue weighted by Crippen LogP contribution is -2.38. The van der Waals surface area contributed by atoms with E-state index in [0.29, 0.717) is 12.3 Å². The summed E-state index contributed by atoms with van der Waals surface area (Å²) in [5.74, 6) is 1.21. The molecule has 0 saturated carbocycles. The van der Waals surface area contributed by atoms with Gasteiger partial charge in [-0.25, -0.2) is 4.79 Å². The van der Waals surface area contributed by atoms with Crippen LogP contribution >= 0.6 is 0 Å². The molecular weight excluding hydrogens is 290 g/mol. The minimum atomic E-state index is -0.980. The molecule has 1 N–H and O–H groups in total. The molecule has 0 saturated heterocycles. The van der Waals surface area contributed by atoms with Gasteiger partial charge in [-0.05, 0) is 17.0 Å². The van der Waals surface area contributed by atoms with Crippen LogP contribution in [0, 0.1) is 0 Å². The molecule has 120 valence electrons. The zero-order valence-electron chi connectivity index (χ0n) is 13.6. The number of benzene rings is 2. The van der Waals surface area contributed by atoms with Crippen molar-refractivity contribution in [1.29, 1.82) is 0 Å². The zero-order valence-corrected chi connectivity index (χ0v) is 13.6. The van der Waals surface area contributed by atoms with E-state index in [2.05, 4.69) is 26.0 Å². The number of fused-ring (bicyclic) bond motifs is 1. The molecule has 0 fully saturated rings. The minimum Gasteiger partial charge on any atom is -0.469 e. The van der Waals surface area contributed by atoms with Gasteiger partial charge in [0.25, 0.3) is 0 Å². The van der Waals surface area contributed by atoms with Gasteiger partial charge in [0.2, 0.25) is 0 Å². The largest absolute Gasteiger partial charge is 0.469 e. The maximum atomic E-state index is 11.2. The maximum Gasteiger partial charge on any atom is 0.409 e. The van der Waals surface area contributed by atoms with Gasteiger partial charge >= 0.3 is 6.09 Å². The van der Waals surface area contributed by atoms with E-state index in [1.165, 1.54) is 10.5 Å². The fourth-order valence-electron chi connectivity index (χ4n) is 3.05. The third-order valence-electron chi connectivity index (χ3n) is 4.35. The molecule has 1 atom stereocenters. The van der Waals surface area contributed by atoms with Gasteiger partial charge in [-0.15, -0.1) is 0 Å². The van der Waals surface area contributed by atoms with E-state index in [4.69, 9.17) is 4.74 Å². The molecule has 2 aromatic rings. The monoisotopic (exact) mass is 311 g/mol. The van der Waals surface area contributed by atoms with E-state index in [1.807, 2.05) is 30.3 Å². The lowest BCUT2D eigenvalue weighted by atomic mass is 9.91. The van der Waals surface area contributed by atoms with Gasteiger partial charge in [-0.2, -0.15) is 0 Å². The number of carbonyl (C=O) groups is 1. The van der Waals surface area contributed by atoms with E-state index in [9.17, 15) is 9.90 Å². The summed E-state index contributed by atoms with van der Waals surface area (Å²) in [4.78, 5) is 12.4. The molecular formula is C19H21NO3. The summed E-state index contributed by atoms with van der Waals surface area (Å²) in [5.41, 5.74) is 4.50. The molecule has 0 spiro atoms. The summed E-state index contributed by atoms with van der Waals surface area (Å²) >= 11 is 0. The fourth-order valence-corrected chi connectivity index (χ4v) is 3.05. The number of hydrogen-bond acceptors (Lipinski definition) is 2. The van der Waals surface area contributed by atoms with Crippen molar-refractivity contribution in [2.75, 3.05) is 7.05 Å². The highest BCUT2D eigenvalue weighted by molar-refractivity contribution is 5.76. The van der Waals surface area contributed by atoms with Gasteiger partial charge in [0.15, 0.2) is 6.23 Å². The second kappa shape index (κ2) is 5.95. The number of likely N-dealkylation sites (N-methyl/N-ethyl adjacent to an activating group) is 1. The van der Waals surface area contributed by atoms with Gasteiger partial charge in [0.1, 0.15) is 5.75 Å². The van der Waals surface area contributed by atoms with Crippen molar-refractivity contribution in [3.63, 3.8) is 0 Å². The molecule has 4 nitrogen and oxygen atoms in total. The van der Waals surface area contributed by atoms with Crippen LogP contribution in [0.3, 0.4) is 0 Å². The first-order valence-electron chi connectivity index (χ1n) is 7.82. The first-order valence-corrected chi connectivity index (χ1v) is 7.82. The smallest absolute Gasteiger partial charge is 0.409 e. The predicted molar refractivity (Wildman–Crippen MR) is 89.9 cm³/mol. The van der Waals surface area contributed by atoms with E-state index in [-0.39, 0.29) is 0 Å². The Morgan fingerprint density at radius 2 is 1.87 bits per heavy atom. The van der Waals surface area contributed by atoms with Crippen LogP contribution in [0.4, 0.5) is 4.79 Å². The highest BCUT2D eigenvalue weighted by Gasteiger charge is 2.31. The lowest BCUT2D eigenvalue weighted by Gasteiger charge is -2.21. The van der Waals surface area contributed by atoms with Crippen LogP contribution in [0.5, 0.6) is 5.75 Å². The Balaban J connectivity index is 2.04. The highest BCUT2D eigenvalue weighted by atomic mass is 16.5. The normalized spacial score (nSPS) is 16.1. The van der Waals surface area contributed by atoms with E-state index < -0.39 is 12.3 Å². The molecule has 0 aromatic heterocycles. The second-order valence-corrected chi connectivity index (χ2v) is 6.21. The van der Waals surface area contributed by atoms with Crippen molar-refractivity contribution in [3.8, 4) is 16.9 Å². The van der Waals surface area contributed by atoms with Crippen molar-refractivity contribution in [3.05, 3.63) is 53.6 Å². The second-order valence-electron chi connectivity index (χ2n) is 6.21. The van der Waals surface area contributed by atoms with Gasteiger partial charge in [-0.1, -0.05) is 56.3 Å². The Morgan fingerprint density at radius 1 is 1.17 bits per heavy atom. The molecule has 23 heavy (non-hydrogen) atoms. The third kappa shape index (κ3) is 2.77. The molecule has 2 aromatic carbocycles. The molecule has 0 bridgehead atoms. The number of amides is 1. The summed E-state index contributed by atoms with van der Waals surface area (Å²) in [5, 5.41) is 9.17. The standard InChI is InChI=1S/C19H21NO3/c1-12(2)14-8-4-5-9-15(14)16-10-6-7-13-11-17(23-18(13)16)20(3)19(21)22/h4-10,12,17H,11H2,1-3H3,(H,21,22). The molecule has 3 rings (SSSR count). The average Bonchev–Trinajstić information content (AvgIpc) is 2.97. The van der Waals surface area contributed by atoms with Crippen molar-refractivity contribution >= 4 is 6.09 Å². The molecule has 1 aliphatic heterocycles. The van der Waals surface area contributed by atoms with Crippen molar-refractivity contribution in [2.45, 2.75) is 32.4 Å². The van der Waals surface area contributed by atoms with Crippen LogP contribution in [0.2, 0.25) is 0 Å². The molecule has 1 unspecified atom stereocenters. The Labute approximate surface area is 136 Å². The average molecular weight is 311 g/mol. The quantitative estimate of drug-likeness (QED) is 0.917. The maximum absolute atomic E-state index is 11.2. The first-order chi connectivity index (χ1) is 11.0. The van der Waals surface area contributed by atoms with Gasteiger partial charge < -0.3 is 9.84 Å². The number of para-hydroxylation sites is 1. The molecule has 1 aliphatic rings. The molecule has 1 heterocycles. The number of rotatable bonds is 3. The SMILES string of the molecule is CC(C)c1ccccc1-c1cccc2c1OC(N(C)C(=O)O)C2. The van der Waals surface area contributed by atoms with E-state index in [0.717, 1.165) is 22.4 Å². The van der Waals surface area contributed by atoms with Gasteiger partial charge in [0.05, 0.1) is 0 Å². The summed E-state index contributed by atoms with van der Waals surface area (Å²) < 4.78 is 6.00. The third-order valence-corrected chi connectivity index (χ3v) is 4.35. The van der Waals surface area contributed by atoms with Crippen LogP contribution in [0.15, 0.2) is 42.5 Å². The summed E-state index contributed by atoms with van der Waals surface area (Å²) in [7, 11) is 1.54. The van der Waals surface area contributed by atoms with Crippen molar-refractivity contribution < 1.29 is 14.6 Å². The van der Waals surface area contributed by atoms with E-state index in [1.54, 1.807) is 7.05 Å². The fraction of sp³-hybridized carbons (Fsp3) is 0.316. The predicted octanol–water partition coefficient (Wildman–Crippen LogP) is 4.35. The lowest BCUT2D eigenvalue weighted by molar-refractivity contribution is 0.0610. The summed E-state index contributed by atoms with van der Waals surface area (Å²) in [6.45, 7) is 4.34. The Bertz CT molecular complexity index is 739. The van der Waals surface area contributed by atoms with Crippen LogP contribution in [-0.4, -0.2) is 29.4 Å². The Kier molecular flexibility index (Phi) is 3.99. The molecule has 1 amide bonds. The topological polar surface area (TPSA) is 49.8 Å². The van der Waals surface area contributed by atoms with E-state index >= 15 is 0 Å². The van der Waals surface area contributed by atoms with Crippen LogP contribution < -0.4 is 4.74 Å². The summed E-state index contributed by atoms with van der Waals surface area (Å²) in [6, 6.07) is 14.4. The summed E-state index contributed by atoms with van der Waals surface area (Å²) in [6.07, 6.45) is -0.864. The Hall–Kier alpha value is -2.49. The number of ether oxygens (including phenoxy) is 1. The first kappa shape index (κ1) is 15.4. The van der Waals surface area contributed by atoms with Crippen LogP contribution in [0.1, 0.15) is 30.9 Å². The van der Waals surface area contributed by atoms with Crippen molar-refractivity contribution in [2.24, 2.45) is 0 Å². The molecule has 0 aliphatic carbocycles. The van der Waals surface area contributed by atoms with Crippen molar-refractivity contribution in [1.82, 2.24) is 4.90 Å². The molecule has 0 radical (unpaired) electrons. The van der Waals surface area contributed by atoms with Gasteiger partial charge in [0, 0.05) is 24.6 Å². The number of nitrogens with zero attached hydrogens (tertiary/aromatic N) is 1. The number of carboxylic acid groups (broad SMARTS) is 1. The minimum absolute atomic E-state index is 0.404. The molecule has 4 heteroatoms. The Morgan fingerprint density at radius 3 is 2.57 bits per heavy atom.